The number of ether oxygens (including phenoxy) is 1. The Morgan fingerprint density at radius 2 is 1.97 bits per heavy atom. The maximum Gasteiger partial charge on any atom is 0.343 e. The fourth-order valence-electron chi connectivity index (χ4n) is 5.31. The van der Waals surface area contributed by atoms with Crippen LogP contribution in [0.3, 0.4) is 0 Å². The van der Waals surface area contributed by atoms with Gasteiger partial charge in [0.05, 0.1) is 35.0 Å². The van der Waals surface area contributed by atoms with Crippen molar-refractivity contribution in [3.8, 4) is 10.4 Å². The van der Waals surface area contributed by atoms with Crippen LogP contribution in [0.5, 0.6) is 0 Å². The third-order valence-electron chi connectivity index (χ3n) is 7.28. The van der Waals surface area contributed by atoms with Crippen molar-refractivity contribution in [3.05, 3.63) is 30.1 Å². The van der Waals surface area contributed by atoms with Crippen LogP contribution in [0.1, 0.15) is 61.3 Å². The van der Waals surface area contributed by atoms with E-state index in [0.29, 0.717) is 23.2 Å². The monoisotopic (exact) mass is 468 g/mol. The van der Waals surface area contributed by atoms with Crippen LogP contribution >= 0.6 is 11.3 Å². The van der Waals surface area contributed by atoms with Gasteiger partial charge in [-0.2, -0.15) is 0 Å². The largest absolute Gasteiger partial charge is 0.465 e. The number of nitrogens with two attached hydrogens (primary N) is 1. The Morgan fingerprint density at radius 3 is 2.67 bits per heavy atom. The molecule has 0 atom stereocenters. The van der Waals surface area contributed by atoms with E-state index in [-0.39, 0.29) is 6.61 Å². The summed E-state index contributed by atoms with van der Waals surface area (Å²) in [6.45, 7) is 1.79. The number of benzene rings is 1. The number of methoxy groups -OCH3 is 1. The molecule has 0 radical (unpaired) electrons. The molecular formula is C25H32N4O3S. The van der Waals surface area contributed by atoms with Crippen molar-refractivity contribution in [3.63, 3.8) is 0 Å². The Hall–Kier alpha value is -2.58. The summed E-state index contributed by atoms with van der Waals surface area (Å²) < 4.78 is 7.41. The second kappa shape index (κ2) is 9.35. The number of carbonyl (C=O) groups is 1. The first-order valence-corrected chi connectivity index (χ1v) is 12.8. The Balaban J connectivity index is 1.51. The molecule has 0 spiro atoms. The lowest BCUT2D eigenvalue weighted by Crippen LogP contribution is -2.35. The Morgan fingerprint density at radius 1 is 1.21 bits per heavy atom. The highest BCUT2D eigenvalue weighted by Gasteiger charge is 2.29. The summed E-state index contributed by atoms with van der Waals surface area (Å²) in [4.78, 5) is 20.5. The second-order valence-electron chi connectivity index (χ2n) is 9.28. The van der Waals surface area contributed by atoms with Crippen LogP contribution in [-0.4, -0.2) is 47.4 Å². The fourth-order valence-corrected chi connectivity index (χ4v) is 6.57. The maximum absolute atomic E-state index is 12.7. The first-order chi connectivity index (χ1) is 16.1. The zero-order valence-electron chi connectivity index (χ0n) is 19.1. The normalized spacial score (nSPS) is 18.2. The number of esters is 1. The highest BCUT2D eigenvalue weighted by Crippen LogP contribution is 2.46. The molecule has 3 N–H and O–H groups in total. The number of hydrogen-bond acceptors (Lipinski definition) is 7. The van der Waals surface area contributed by atoms with Gasteiger partial charge in [0, 0.05) is 25.7 Å². The van der Waals surface area contributed by atoms with Crippen LogP contribution in [-0.2, 0) is 4.74 Å². The zero-order valence-corrected chi connectivity index (χ0v) is 19.9. The molecule has 33 heavy (non-hydrogen) atoms. The van der Waals surface area contributed by atoms with Gasteiger partial charge in [-0.15, -0.1) is 11.3 Å². The number of fused-ring (bicyclic) bond motifs is 1. The number of nitrogens with zero attached hydrogens (tertiary/aromatic N) is 3. The highest BCUT2D eigenvalue weighted by atomic mass is 32.1. The summed E-state index contributed by atoms with van der Waals surface area (Å²) in [5.74, 6) is -0.0850. The average molecular weight is 469 g/mol. The first-order valence-electron chi connectivity index (χ1n) is 11.9. The van der Waals surface area contributed by atoms with E-state index in [4.69, 9.17) is 15.5 Å². The van der Waals surface area contributed by atoms with Crippen LogP contribution in [0.2, 0.25) is 0 Å². The molecule has 1 saturated carbocycles. The van der Waals surface area contributed by atoms with Crippen molar-refractivity contribution < 1.29 is 14.6 Å². The average Bonchev–Trinajstić information content (AvgIpc) is 3.45. The lowest BCUT2D eigenvalue weighted by Gasteiger charge is -2.32. The molecule has 0 amide bonds. The van der Waals surface area contributed by atoms with Gasteiger partial charge in [0.25, 0.3) is 0 Å². The van der Waals surface area contributed by atoms with Crippen LogP contribution in [0, 0.1) is 5.92 Å². The molecule has 3 aromatic rings. The van der Waals surface area contributed by atoms with Crippen LogP contribution in [0.15, 0.2) is 24.5 Å². The highest BCUT2D eigenvalue weighted by molar-refractivity contribution is 7.20. The van der Waals surface area contributed by atoms with E-state index < -0.39 is 5.97 Å². The lowest BCUT2D eigenvalue weighted by atomic mass is 9.95. The van der Waals surface area contributed by atoms with Gasteiger partial charge in [0.1, 0.15) is 10.6 Å². The topological polar surface area (TPSA) is 93.6 Å². The van der Waals surface area contributed by atoms with Gasteiger partial charge in [0.15, 0.2) is 0 Å². The minimum Gasteiger partial charge on any atom is -0.465 e. The minimum absolute atomic E-state index is 0.211. The van der Waals surface area contributed by atoms with Crippen molar-refractivity contribution in [2.45, 2.75) is 51.0 Å². The molecule has 3 heterocycles. The molecule has 0 unspecified atom stereocenters. The SMILES string of the molecule is COC(=O)c1c(N2CCC(CO)CC2)sc(-c2ccc3c(c2)ncn3C2CCCCC2)c1N. The van der Waals surface area contributed by atoms with E-state index in [1.54, 1.807) is 11.3 Å². The summed E-state index contributed by atoms with van der Waals surface area (Å²) in [6, 6.07) is 6.84. The number of piperidine rings is 1. The number of aliphatic hydroxyl groups excluding tert-OH is 1. The van der Waals surface area contributed by atoms with Gasteiger partial charge in [-0.05, 0) is 49.3 Å². The van der Waals surface area contributed by atoms with E-state index in [9.17, 15) is 9.90 Å². The van der Waals surface area contributed by atoms with E-state index >= 15 is 0 Å². The number of anilines is 2. The summed E-state index contributed by atoms with van der Waals surface area (Å²) >= 11 is 1.54. The molecule has 5 rings (SSSR count). The number of thiophene rings is 1. The van der Waals surface area contributed by atoms with Gasteiger partial charge in [-0.1, -0.05) is 25.3 Å². The van der Waals surface area contributed by atoms with Crippen LogP contribution in [0.4, 0.5) is 10.7 Å². The fraction of sp³-hybridized carbons (Fsp3) is 0.520. The smallest absolute Gasteiger partial charge is 0.343 e. The quantitative estimate of drug-likeness (QED) is 0.520. The Labute approximate surface area is 198 Å². The predicted molar refractivity (Wildman–Crippen MR) is 133 cm³/mol. The molecule has 1 aliphatic heterocycles. The zero-order chi connectivity index (χ0) is 22.9. The van der Waals surface area contributed by atoms with Crippen LogP contribution in [0.25, 0.3) is 21.5 Å². The van der Waals surface area contributed by atoms with E-state index in [0.717, 1.165) is 52.4 Å². The first kappa shape index (κ1) is 22.2. The Kier molecular flexibility index (Phi) is 6.29. The molecule has 2 fully saturated rings. The van der Waals surface area contributed by atoms with Gasteiger partial charge >= 0.3 is 5.97 Å². The third kappa shape index (κ3) is 4.10. The number of nitrogen functional groups attached to an aromatic ring is 1. The summed E-state index contributed by atoms with van der Waals surface area (Å²) in [5.41, 5.74) is 10.6. The predicted octanol–water partition coefficient (Wildman–Crippen LogP) is 4.85. The summed E-state index contributed by atoms with van der Waals surface area (Å²) in [5, 5.41) is 10.3. The second-order valence-corrected chi connectivity index (χ2v) is 10.3. The molecule has 1 aromatic carbocycles. The molecule has 176 valence electrons. The maximum atomic E-state index is 12.7. The van der Waals surface area contributed by atoms with Gasteiger partial charge < -0.3 is 25.0 Å². The third-order valence-corrected chi connectivity index (χ3v) is 8.60. The van der Waals surface area contributed by atoms with E-state index in [1.165, 1.54) is 39.2 Å². The number of hydrogen-bond donors (Lipinski definition) is 2. The van der Waals surface area contributed by atoms with Gasteiger partial charge in [0.2, 0.25) is 0 Å². The number of imidazole rings is 1. The van der Waals surface area contributed by atoms with Crippen molar-refractivity contribution >= 4 is 39.0 Å². The van der Waals surface area contributed by atoms with Crippen molar-refractivity contribution in [2.75, 3.05) is 37.4 Å². The molecule has 2 aliphatic rings. The lowest BCUT2D eigenvalue weighted by molar-refractivity contribution is 0.0603. The van der Waals surface area contributed by atoms with Crippen molar-refractivity contribution in [1.29, 1.82) is 0 Å². The van der Waals surface area contributed by atoms with Gasteiger partial charge in [-0.25, -0.2) is 9.78 Å². The van der Waals surface area contributed by atoms with E-state index in [2.05, 4.69) is 27.7 Å². The van der Waals surface area contributed by atoms with Crippen LogP contribution < -0.4 is 10.6 Å². The molecule has 1 aliphatic carbocycles. The molecule has 7 nitrogen and oxygen atoms in total. The standard InChI is InChI=1S/C25H32N4O3S/c1-32-25(31)21-22(26)23(33-24(21)28-11-9-16(14-30)10-12-28)17-7-8-20-19(13-17)27-15-29(20)18-5-3-2-4-6-18/h7-8,13,15-16,18,30H,2-6,9-12,14,26H2,1H3. The van der Waals surface area contributed by atoms with Crippen molar-refractivity contribution in [1.82, 2.24) is 9.55 Å². The molecular weight excluding hydrogens is 436 g/mol. The van der Waals surface area contributed by atoms with Crippen molar-refractivity contribution in [2.24, 2.45) is 5.92 Å². The summed E-state index contributed by atoms with van der Waals surface area (Å²) in [7, 11) is 1.39. The van der Waals surface area contributed by atoms with Gasteiger partial charge in [-0.3, -0.25) is 0 Å². The number of aliphatic hydroxyl groups is 1. The van der Waals surface area contributed by atoms with E-state index in [1.807, 2.05) is 6.33 Å². The Bertz CT molecular complexity index is 1140. The molecule has 1 saturated heterocycles. The molecule has 0 bridgehead atoms. The number of aromatic nitrogens is 2. The molecule has 2 aromatic heterocycles. The molecule has 8 heteroatoms. The number of rotatable bonds is 5. The minimum atomic E-state index is -0.406. The summed E-state index contributed by atoms with van der Waals surface area (Å²) in [6.07, 6.45) is 10.1. The number of carbonyl (C=O) groups excluding carboxylic acids is 1.